The number of benzene rings is 2. The normalized spacial score (nSPS) is 14.7. The molecule has 1 N–H and O–H groups in total. The maximum atomic E-state index is 12.6. The Kier molecular flexibility index (Phi) is 4.16. The van der Waals surface area contributed by atoms with Crippen LogP contribution in [0, 0.1) is 0 Å². The van der Waals surface area contributed by atoms with E-state index >= 15 is 0 Å². The molecule has 1 heterocycles. The zero-order chi connectivity index (χ0) is 17.1. The summed E-state index contributed by atoms with van der Waals surface area (Å²) in [5.41, 5.74) is 1.62. The number of aromatic nitrogens is 2. The van der Waals surface area contributed by atoms with E-state index in [0.717, 1.165) is 24.0 Å². The van der Waals surface area contributed by atoms with Crippen LogP contribution >= 0.6 is 0 Å². The van der Waals surface area contributed by atoms with E-state index in [4.69, 9.17) is 9.15 Å². The fraction of sp³-hybridized carbons (Fsp3) is 0.211. The number of carbonyl (C=O) groups excluding carboxylic acids is 1. The number of hydrogen-bond acceptors (Lipinski definition) is 5. The van der Waals surface area contributed by atoms with E-state index < -0.39 is 6.10 Å². The lowest BCUT2D eigenvalue weighted by atomic mass is 10.1. The molecule has 3 aromatic rings. The van der Waals surface area contributed by atoms with Crippen molar-refractivity contribution >= 4 is 5.91 Å². The van der Waals surface area contributed by atoms with Gasteiger partial charge in [0, 0.05) is 17.2 Å². The molecule has 0 spiro atoms. The van der Waals surface area contributed by atoms with Gasteiger partial charge in [0.25, 0.3) is 5.91 Å². The predicted octanol–water partition coefficient (Wildman–Crippen LogP) is 3.14. The molecule has 1 aliphatic rings. The Morgan fingerprint density at radius 3 is 2.52 bits per heavy atom. The molecular weight excluding hydrogens is 318 g/mol. The van der Waals surface area contributed by atoms with Gasteiger partial charge in [0.15, 0.2) is 0 Å². The highest BCUT2D eigenvalue weighted by Gasteiger charge is 2.29. The van der Waals surface area contributed by atoms with E-state index in [1.807, 2.05) is 42.5 Å². The van der Waals surface area contributed by atoms with Crippen LogP contribution in [0.4, 0.5) is 0 Å². The molecule has 0 unspecified atom stereocenters. The minimum absolute atomic E-state index is 0.116. The van der Waals surface area contributed by atoms with Crippen LogP contribution in [0.3, 0.4) is 0 Å². The number of nitrogens with one attached hydrogen (secondary N) is 1. The first-order chi connectivity index (χ1) is 12.3. The van der Waals surface area contributed by atoms with Gasteiger partial charge in [-0.3, -0.25) is 4.79 Å². The van der Waals surface area contributed by atoms with Crippen LogP contribution in [0.15, 0.2) is 65.4 Å². The van der Waals surface area contributed by atoms with Gasteiger partial charge in [-0.15, -0.1) is 10.2 Å². The molecule has 1 atom stereocenters. The first-order valence-electron chi connectivity index (χ1n) is 8.18. The Labute approximate surface area is 144 Å². The largest absolute Gasteiger partial charge is 0.476 e. The zero-order valence-corrected chi connectivity index (χ0v) is 13.5. The maximum absolute atomic E-state index is 12.6. The van der Waals surface area contributed by atoms with Crippen molar-refractivity contribution in [1.82, 2.24) is 15.5 Å². The molecule has 0 saturated heterocycles. The third kappa shape index (κ3) is 3.68. The van der Waals surface area contributed by atoms with Gasteiger partial charge >= 0.3 is 0 Å². The van der Waals surface area contributed by atoms with Gasteiger partial charge in [-0.25, -0.2) is 0 Å². The van der Waals surface area contributed by atoms with Crippen LogP contribution in [-0.2, 0) is 4.79 Å². The van der Waals surface area contributed by atoms with Crippen LogP contribution in [0.1, 0.15) is 24.5 Å². The quantitative estimate of drug-likeness (QED) is 0.749. The van der Waals surface area contributed by atoms with E-state index in [9.17, 15) is 4.79 Å². The topological polar surface area (TPSA) is 77.2 Å². The van der Waals surface area contributed by atoms with E-state index in [1.54, 1.807) is 12.1 Å². The van der Waals surface area contributed by atoms with Gasteiger partial charge in [0.2, 0.25) is 18.4 Å². The minimum Gasteiger partial charge on any atom is -0.476 e. The van der Waals surface area contributed by atoms with Crippen molar-refractivity contribution in [3.63, 3.8) is 0 Å². The molecule has 1 aromatic heterocycles. The van der Waals surface area contributed by atoms with Crippen molar-refractivity contribution in [2.75, 3.05) is 0 Å². The molecule has 0 aliphatic heterocycles. The molecule has 25 heavy (non-hydrogen) atoms. The van der Waals surface area contributed by atoms with Crippen LogP contribution in [-0.4, -0.2) is 22.1 Å². The number of amides is 1. The predicted molar refractivity (Wildman–Crippen MR) is 90.7 cm³/mol. The molecule has 6 heteroatoms. The number of rotatable bonds is 6. The second-order valence-electron chi connectivity index (χ2n) is 5.96. The summed E-state index contributed by atoms with van der Waals surface area (Å²) in [7, 11) is 0. The van der Waals surface area contributed by atoms with Crippen LogP contribution in [0.25, 0.3) is 11.5 Å². The number of hydrogen-bond donors (Lipinski definition) is 1. The molecular formula is C19H17N3O3. The van der Waals surface area contributed by atoms with Crippen LogP contribution in [0.2, 0.25) is 0 Å². The lowest BCUT2D eigenvalue weighted by Crippen LogP contribution is -2.33. The lowest BCUT2D eigenvalue weighted by molar-refractivity contribution is -0.128. The molecule has 0 bridgehead atoms. The standard InChI is InChI=1S/C19H17N3O3/c23-18(21-15-8-9-15)17(13-4-2-1-3-5-13)25-16-10-6-14(7-11-16)19-22-20-12-24-19/h1-7,10-12,15,17H,8-9H2,(H,21,23)/t17-/m1/s1. The fourth-order valence-electron chi connectivity index (χ4n) is 2.52. The number of ether oxygens (including phenoxy) is 1. The molecule has 1 fully saturated rings. The number of carbonyl (C=O) groups is 1. The average Bonchev–Trinajstić information content (AvgIpc) is 3.30. The van der Waals surface area contributed by atoms with E-state index in [0.29, 0.717) is 11.6 Å². The second kappa shape index (κ2) is 6.76. The highest BCUT2D eigenvalue weighted by molar-refractivity contribution is 5.83. The summed E-state index contributed by atoms with van der Waals surface area (Å²) < 4.78 is 11.2. The van der Waals surface area contributed by atoms with E-state index in [2.05, 4.69) is 15.5 Å². The molecule has 126 valence electrons. The Hall–Kier alpha value is -3.15. The summed E-state index contributed by atoms with van der Waals surface area (Å²) in [6, 6.07) is 17.0. The van der Waals surface area contributed by atoms with Crippen molar-refractivity contribution in [2.24, 2.45) is 0 Å². The highest BCUT2D eigenvalue weighted by atomic mass is 16.5. The van der Waals surface area contributed by atoms with E-state index in [-0.39, 0.29) is 11.9 Å². The summed E-state index contributed by atoms with van der Waals surface area (Å²) in [6.07, 6.45) is 2.67. The minimum atomic E-state index is -0.684. The summed E-state index contributed by atoms with van der Waals surface area (Å²) >= 11 is 0. The maximum Gasteiger partial charge on any atom is 0.266 e. The van der Waals surface area contributed by atoms with Gasteiger partial charge in [-0.05, 0) is 37.1 Å². The third-order valence-corrected chi connectivity index (χ3v) is 3.98. The number of nitrogens with zero attached hydrogens (tertiary/aromatic N) is 2. The van der Waals surface area contributed by atoms with Gasteiger partial charge in [0.1, 0.15) is 5.75 Å². The van der Waals surface area contributed by atoms with Crippen molar-refractivity contribution in [1.29, 1.82) is 0 Å². The molecule has 4 rings (SSSR count). The second-order valence-corrected chi connectivity index (χ2v) is 5.96. The van der Waals surface area contributed by atoms with Crippen LogP contribution in [0.5, 0.6) is 5.75 Å². The monoisotopic (exact) mass is 335 g/mol. The van der Waals surface area contributed by atoms with Crippen molar-refractivity contribution in [2.45, 2.75) is 25.0 Å². The summed E-state index contributed by atoms with van der Waals surface area (Å²) in [6.45, 7) is 0. The SMILES string of the molecule is O=C(NC1CC1)[C@H](Oc1ccc(-c2nnco2)cc1)c1ccccc1. The van der Waals surface area contributed by atoms with Gasteiger partial charge in [-0.2, -0.15) is 0 Å². The molecule has 6 nitrogen and oxygen atoms in total. The molecule has 1 aliphatic carbocycles. The lowest BCUT2D eigenvalue weighted by Gasteiger charge is -2.19. The van der Waals surface area contributed by atoms with Crippen molar-refractivity contribution < 1.29 is 13.9 Å². The van der Waals surface area contributed by atoms with Crippen molar-refractivity contribution in [3.05, 3.63) is 66.6 Å². The first-order valence-corrected chi connectivity index (χ1v) is 8.18. The van der Waals surface area contributed by atoms with Gasteiger partial charge in [0.05, 0.1) is 0 Å². The van der Waals surface area contributed by atoms with Gasteiger partial charge in [-0.1, -0.05) is 30.3 Å². The fourth-order valence-corrected chi connectivity index (χ4v) is 2.52. The molecule has 1 amide bonds. The summed E-state index contributed by atoms with van der Waals surface area (Å²) in [5.74, 6) is 0.926. The molecule has 2 aromatic carbocycles. The third-order valence-electron chi connectivity index (χ3n) is 3.98. The first kappa shape index (κ1) is 15.4. The zero-order valence-electron chi connectivity index (χ0n) is 13.5. The Morgan fingerprint density at radius 2 is 1.88 bits per heavy atom. The Balaban J connectivity index is 1.54. The van der Waals surface area contributed by atoms with E-state index in [1.165, 1.54) is 6.39 Å². The average molecular weight is 335 g/mol. The summed E-state index contributed by atoms with van der Waals surface area (Å²) in [5, 5.41) is 10.5. The molecule has 0 radical (unpaired) electrons. The summed E-state index contributed by atoms with van der Waals surface area (Å²) in [4.78, 5) is 12.6. The highest BCUT2D eigenvalue weighted by Crippen LogP contribution is 2.27. The molecule has 1 saturated carbocycles. The Morgan fingerprint density at radius 1 is 1.12 bits per heavy atom. The van der Waals surface area contributed by atoms with Crippen LogP contribution < -0.4 is 10.1 Å². The van der Waals surface area contributed by atoms with Crippen molar-refractivity contribution in [3.8, 4) is 17.2 Å². The Bertz CT molecular complexity index is 828. The smallest absolute Gasteiger partial charge is 0.266 e. The van der Waals surface area contributed by atoms with Gasteiger partial charge < -0.3 is 14.5 Å².